The first kappa shape index (κ1) is 90.8. The Bertz CT molecular complexity index is 1550. The Kier molecular flexibility index (Phi) is 80.3. The van der Waals surface area contributed by atoms with Gasteiger partial charge in [-0.05, 0) is 89.9 Å². The van der Waals surface area contributed by atoms with Crippen molar-refractivity contribution in [3.05, 3.63) is 48.6 Å². The largest absolute Gasteiger partial charge is 0.466 e. The van der Waals surface area contributed by atoms with E-state index in [1.165, 1.54) is 392 Å². The highest BCUT2D eigenvalue weighted by atomic mass is 16.5. The first-order valence-electron chi connectivity index (χ1n) is 42.4. The lowest BCUT2D eigenvalue weighted by molar-refractivity contribution is -0.143. The summed E-state index contributed by atoms with van der Waals surface area (Å²) in [6.07, 6.45) is 110. The molecule has 548 valence electrons. The van der Waals surface area contributed by atoms with Crippen LogP contribution in [0, 0.1) is 0 Å². The van der Waals surface area contributed by atoms with Crippen molar-refractivity contribution in [2.45, 2.75) is 482 Å². The smallest absolute Gasteiger partial charge is 0.305 e. The van der Waals surface area contributed by atoms with Gasteiger partial charge in [0, 0.05) is 12.8 Å². The summed E-state index contributed by atoms with van der Waals surface area (Å²) < 4.78 is 5.50. The molecule has 0 spiro atoms. The number of esters is 1. The lowest BCUT2D eigenvalue weighted by atomic mass is 10.0. The van der Waals surface area contributed by atoms with Crippen LogP contribution in [0.3, 0.4) is 0 Å². The first-order valence-corrected chi connectivity index (χ1v) is 42.4. The summed E-state index contributed by atoms with van der Waals surface area (Å²) in [5, 5.41) is 23.3. The number of unbranched alkanes of at least 4 members (excludes halogenated alkanes) is 63. The molecule has 0 aromatic rings. The number of rotatable bonds is 80. The monoisotopic (exact) mass is 1300 g/mol. The first-order chi connectivity index (χ1) is 46.0. The Hall–Kier alpha value is -2.18. The summed E-state index contributed by atoms with van der Waals surface area (Å²) in [7, 11) is 0. The fraction of sp³-hybridized carbons (Fsp3) is 0.885. The van der Waals surface area contributed by atoms with E-state index in [2.05, 4.69) is 55.6 Å². The van der Waals surface area contributed by atoms with E-state index in [4.69, 9.17) is 4.74 Å². The van der Waals surface area contributed by atoms with Crippen molar-refractivity contribution in [3.8, 4) is 0 Å². The quantitative estimate of drug-likeness (QED) is 0.0320. The zero-order valence-corrected chi connectivity index (χ0v) is 63.0. The topological polar surface area (TPSA) is 95.9 Å². The summed E-state index contributed by atoms with van der Waals surface area (Å²) in [4.78, 5) is 24.6. The Balaban J connectivity index is 3.36. The summed E-state index contributed by atoms with van der Waals surface area (Å²) in [5.41, 5.74) is 0. The number of aliphatic hydroxyl groups is 2. The number of nitrogens with one attached hydrogen (secondary N) is 1. The van der Waals surface area contributed by atoms with E-state index in [0.29, 0.717) is 19.4 Å². The van der Waals surface area contributed by atoms with Crippen LogP contribution in [0.15, 0.2) is 48.6 Å². The number of amides is 1. The van der Waals surface area contributed by atoms with E-state index in [1.54, 1.807) is 6.08 Å². The van der Waals surface area contributed by atoms with Crippen LogP contribution in [0.4, 0.5) is 0 Å². The third kappa shape index (κ3) is 78.7. The molecule has 2 atom stereocenters. The Labute approximate surface area is 582 Å². The number of ether oxygens (including phenoxy) is 1. The van der Waals surface area contributed by atoms with Gasteiger partial charge in [0.05, 0.1) is 25.4 Å². The van der Waals surface area contributed by atoms with Gasteiger partial charge >= 0.3 is 5.97 Å². The molecule has 0 radical (unpaired) electrons. The molecule has 6 nitrogen and oxygen atoms in total. The second-order valence-corrected chi connectivity index (χ2v) is 29.2. The number of allylic oxidation sites excluding steroid dienone is 7. The van der Waals surface area contributed by atoms with Crippen LogP contribution in [-0.2, 0) is 14.3 Å². The van der Waals surface area contributed by atoms with E-state index in [9.17, 15) is 19.8 Å². The molecule has 3 N–H and O–H groups in total. The number of aliphatic hydroxyl groups excluding tert-OH is 2. The molecule has 0 saturated heterocycles. The van der Waals surface area contributed by atoms with Gasteiger partial charge in [-0.2, -0.15) is 0 Å². The Morgan fingerprint density at radius 1 is 0.301 bits per heavy atom. The van der Waals surface area contributed by atoms with Crippen molar-refractivity contribution < 1.29 is 24.5 Å². The second-order valence-electron chi connectivity index (χ2n) is 29.2. The van der Waals surface area contributed by atoms with E-state index in [-0.39, 0.29) is 18.5 Å². The summed E-state index contributed by atoms with van der Waals surface area (Å²) in [6, 6.07) is -0.627. The molecule has 0 aromatic heterocycles. The average molecular weight is 1310 g/mol. The van der Waals surface area contributed by atoms with Crippen molar-refractivity contribution in [1.82, 2.24) is 5.32 Å². The molecule has 93 heavy (non-hydrogen) atoms. The number of hydrogen-bond donors (Lipinski definition) is 3. The third-order valence-corrected chi connectivity index (χ3v) is 19.8. The SMILES string of the molecule is CCCCC/C=C\C/C=C\CCCCCCCC(=O)OCCCCCCCCCCCCCCCCCC/C=C\CCCCCCCCCCCCCCCCCCCC(=O)NC(CO)C(O)/C=C/CCCCCCCCCCCCCCCCCCCCCCCC. The molecule has 0 aromatic carbocycles. The van der Waals surface area contributed by atoms with Gasteiger partial charge in [0.25, 0.3) is 0 Å². The molecule has 0 aliphatic heterocycles. The van der Waals surface area contributed by atoms with Crippen molar-refractivity contribution in [3.63, 3.8) is 0 Å². The van der Waals surface area contributed by atoms with Crippen LogP contribution < -0.4 is 5.32 Å². The zero-order valence-electron chi connectivity index (χ0n) is 63.0. The summed E-state index contributed by atoms with van der Waals surface area (Å²) in [5.74, 6) is -0.0512. The maximum absolute atomic E-state index is 12.6. The molecule has 6 heteroatoms. The predicted molar refractivity (Wildman–Crippen MR) is 412 cm³/mol. The standard InChI is InChI=1S/C87H165NO5/c1-3-5-7-9-11-13-15-17-19-20-21-22-23-39-42-45-48-52-55-59-63-67-71-75-79-85(90)84(83-89)88-86(91)80-76-72-68-64-60-56-53-49-46-43-40-37-35-33-31-29-27-25-24-26-28-30-32-34-36-38-41-44-47-50-54-58-62-66-70-74-78-82-93-87(92)81-77-73-69-65-61-57-51-18-16-14-12-10-8-6-4-2/h12,14,18,24,26,51,75,79,84-85,89-90H,3-11,13,15-17,19-23,25,27-50,52-74,76-78,80-83H2,1-2H3,(H,88,91)/b14-12-,26-24-,51-18-,79-75+. The fourth-order valence-electron chi connectivity index (χ4n) is 13.4. The maximum Gasteiger partial charge on any atom is 0.305 e. The molecule has 0 rings (SSSR count). The van der Waals surface area contributed by atoms with Crippen LogP contribution in [-0.4, -0.2) is 47.4 Å². The van der Waals surface area contributed by atoms with Crippen LogP contribution in [0.25, 0.3) is 0 Å². The van der Waals surface area contributed by atoms with Crippen LogP contribution in [0.1, 0.15) is 470 Å². The lowest BCUT2D eigenvalue weighted by Gasteiger charge is -2.20. The van der Waals surface area contributed by atoms with Gasteiger partial charge < -0.3 is 20.3 Å². The molecule has 0 heterocycles. The van der Waals surface area contributed by atoms with E-state index in [1.807, 2.05) is 6.08 Å². The van der Waals surface area contributed by atoms with Gasteiger partial charge in [0.15, 0.2) is 0 Å². The van der Waals surface area contributed by atoms with Gasteiger partial charge in [-0.15, -0.1) is 0 Å². The molecule has 0 aliphatic carbocycles. The van der Waals surface area contributed by atoms with E-state index >= 15 is 0 Å². The second kappa shape index (κ2) is 82.2. The van der Waals surface area contributed by atoms with Crippen LogP contribution in [0.2, 0.25) is 0 Å². The van der Waals surface area contributed by atoms with Crippen LogP contribution >= 0.6 is 0 Å². The van der Waals surface area contributed by atoms with Gasteiger partial charge in [0.1, 0.15) is 0 Å². The lowest BCUT2D eigenvalue weighted by Crippen LogP contribution is -2.45. The molecule has 0 fully saturated rings. The third-order valence-electron chi connectivity index (χ3n) is 19.8. The van der Waals surface area contributed by atoms with Gasteiger partial charge in [-0.1, -0.05) is 416 Å². The normalized spacial score (nSPS) is 12.7. The minimum Gasteiger partial charge on any atom is -0.466 e. The molecule has 0 aliphatic rings. The van der Waals surface area contributed by atoms with Gasteiger partial charge in [-0.3, -0.25) is 9.59 Å². The fourth-order valence-corrected chi connectivity index (χ4v) is 13.4. The van der Waals surface area contributed by atoms with E-state index in [0.717, 1.165) is 51.4 Å². The summed E-state index contributed by atoms with van der Waals surface area (Å²) >= 11 is 0. The number of hydrogen-bond acceptors (Lipinski definition) is 5. The molecular weight excluding hydrogens is 1140 g/mol. The molecule has 0 bridgehead atoms. The minimum atomic E-state index is -0.844. The highest BCUT2D eigenvalue weighted by molar-refractivity contribution is 5.76. The molecule has 0 saturated carbocycles. The van der Waals surface area contributed by atoms with Gasteiger partial charge in [-0.25, -0.2) is 0 Å². The van der Waals surface area contributed by atoms with Crippen LogP contribution in [0.5, 0.6) is 0 Å². The number of carbonyl (C=O) groups excluding carboxylic acids is 2. The van der Waals surface area contributed by atoms with Crippen molar-refractivity contribution in [1.29, 1.82) is 0 Å². The van der Waals surface area contributed by atoms with Crippen molar-refractivity contribution in [2.24, 2.45) is 0 Å². The molecule has 2 unspecified atom stereocenters. The zero-order chi connectivity index (χ0) is 67.0. The van der Waals surface area contributed by atoms with E-state index < -0.39 is 12.1 Å². The minimum absolute atomic E-state index is 0.00773. The predicted octanol–water partition coefficient (Wildman–Crippen LogP) is 28.3. The molecule has 1 amide bonds. The molecular formula is C87H165NO5. The number of carbonyl (C=O) groups is 2. The Morgan fingerprint density at radius 2 is 0.538 bits per heavy atom. The average Bonchev–Trinajstić information content (AvgIpc) is 3.78. The maximum atomic E-state index is 12.6. The summed E-state index contributed by atoms with van der Waals surface area (Å²) in [6.45, 7) is 4.92. The highest BCUT2D eigenvalue weighted by Crippen LogP contribution is 2.20. The van der Waals surface area contributed by atoms with Crippen molar-refractivity contribution >= 4 is 11.9 Å². The van der Waals surface area contributed by atoms with Crippen molar-refractivity contribution in [2.75, 3.05) is 13.2 Å². The van der Waals surface area contributed by atoms with Gasteiger partial charge in [0.2, 0.25) is 5.91 Å². The highest BCUT2D eigenvalue weighted by Gasteiger charge is 2.18. The Morgan fingerprint density at radius 3 is 0.849 bits per heavy atom.